The van der Waals surface area contributed by atoms with Gasteiger partial charge in [-0.05, 0) is 12.1 Å². The molecule has 0 saturated carbocycles. The van der Waals surface area contributed by atoms with Gasteiger partial charge in [0.05, 0.1) is 12.8 Å². The third kappa shape index (κ3) is 2.45. The molecule has 0 aliphatic rings. The van der Waals surface area contributed by atoms with Gasteiger partial charge in [-0.15, -0.1) is 0 Å². The topological polar surface area (TPSA) is 95.1 Å². The number of anilines is 1. The number of nitrogens with zero attached hydrogens (tertiary/aromatic N) is 1. The van der Waals surface area contributed by atoms with Crippen LogP contribution in [-0.4, -0.2) is 23.7 Å². The molecular formula is C10H11N3O3S. The zero-order chi connectivity index (χ0) is 12.3. The highest BCUT2D eigenvalue weighted by Crippen LogP contribution is 2.16. The Balaban J connectivity index is 2.32. The minimum absolute atomic E-state index is 0.121. The number of benzene rings is 1. The summed E-state index contributed by atoms with van der Waals surface area (Å²) in [5.74, 6) is 0. The monoisotopic (exact) mass is 253 g/mol. The number of hydrogen-bond donors (Lipinski definition) is 3. The van der Waals surface area contributed by atoms with Gasteiger partial charge in [-0.25, -0.2) is 0 Å². The van der Waals surface area contributed by atoms with Crippen LogP contribution in [0.3, 0.4) is 0 Å². The van der Waals surface area contributed by atoms with E-state index in [-0.39, 0.29) is 17.2 Å². The number of rotatable bonds is 4. The normalized spacial score (nSPS) is 11.4. The molecule has 0 radical (unpaired) electrons. The van der Waals surface area contributed by atoms with E-state index in [1.54, 1.807) is 30.3 Å². The Morgan fingerprint density at radius 3 is 2.65 bits per heavy atom. The van der Waals surface area contributed by atoms with Crippen LogP contribution in [0, 0.1) is 0 Å². The molecule has 0 atom stereocenters. The van der Waals surface area contributed by atoms with Crippen LogP contribution in [0.15, 0.2) is 41.6 Å². The van der Waals surface area contributed by atoms with Gasteiger partial charge in [-0.2, -0.15) is 13.5 Å². The average Bonchev–Trinajstić information content (AvgIpc) is 2.78. The molecule has 1 aromatic heterocycles. The van der Waals surface area contributed by atoms with Crippen molar-refractivity contribution in [2.24, 2.45) is 0 Å². The molecule has 0 bridgehead atoms. The lowest BCUT2D eigenvalue weighted by atomic mass is 10.3. The molecule has 2 aromatic rings. The maximum atomic E-state index is 11.9. The van der Waals surface area contributed by atoms with E-state index >= 15 is 0 Å². The van der Waals surface area contributed by atoms with Crippen molar-refractivity contribution >= 4 is 15.7 Å². The number of nitrogens with one attached hydrogen (secondary N) is 2. The second-order valence-electron chi connectivity index (χ2n) is 3.35. The van der Waals surface area contributed by atoms with Crippen molar-refractivity contribution in [2.75, 3.05) is 4.72 Å². The largest absolute Gasteiger partial charge is 0.392 e. The predicted molar refractivity (Wildman–Crippen MR) is 61.8 cm³/mol. The van der Waals surface area contributed by atoms with Crippen molar-refractivity contribution in [3.8, 4) is 0 Å². The number of aliphatic hydroxyl groups is 1. The Morgan fingerprint density at radius 2 is 2.00 bits per heavy atom. The maximum Gasteiger partial charge on any atom is 0.279 e. The number of para-hydroxylation sites is 1. The quantitative estimate of drug-likeness (QED) is 0.747. The molecule has 0 aliphatic heterocycles. The molecule has 0 saturated heterocycles. The van der Waals surface area contributed by atoms with Crippen LogP contribution in [0.2, 0.25) is 0 Å². The fraction of sp³-hybridized carbons (Fsp3) is 0.100. The van der Waals surface area contributed by atoms with Gasteiger partial charge in [0.25, 0.3) is 10.0 Å². The molecule has 1 heterocycles. The summed E-state index contributed by atoms with van der Waals surface area (Å²) in [6.45, 7) is -0.387. The average molecular weight is 253 g/mol. The van der Waals surface area contributed by atoms with Gasteiger partial charge >= 0.3 is 0 Å². The van der Waals surface area contributed by atoms with Crippen molar-refractivity contribution in [3.05, 3.63) is 42.1 Å². The molecule has 6 nitrogen and oxygen atoms in total. The predicted octanol–water partition coefficient (Wildman–Crippen LogP) is 0.703. The van der Waals surface area contributed by atoms with Gasteiger partial charge in [0.2, 0.25) is 0 Å². The fourth-order valence-corrected chi connectivity index (χ4v) is 2.54. The number of hydrogen-bond acceptors (Lipinski definition) is 4. The molecule has 3 N–H and O–H groups in total. The number of sulfonamides is 1. The highest BCUT2D eigenvalue weighted by Gasteiger charge is 2.20. The summed E-state index contributed by atoms with van der Waals surface area (Å²) in [6.07, 6.45) is 1.28. The van der Waals surface area contributed by atoms with E-state index in [0.717, 1.165) is 0 Å². The molecule has 0 fully saturated rings. The number of H-pyrrole nitrogens is 1. The van der Waals surface area contributed by atoms with Gasteiger partial charge in [0.1, 0.15) is 0 Å². The van der Waals surface area contributed by atoms with E-state index in [4.69, 9.17) is 5.11 Å². The zero-order valence-corrected chi connectivity index (χ0v) is 9.61. The summed E-state index contributed by atoms with van der Waals surface area (Å²) in [4.78, 5) is 0. The Labute approximate surface area is 98.4 Å². The first-order valence-electron chi connectivity index (χ1n) is 4.84. The van der Waals surface area contributed by atoms with Gasteiger partial charge < -0.3 is 5.11 Å². The van der Waals surface area contributed by atoms with Crippen molar-refractivity contribution in [2.45, 2.75) is 11.6 Å². The number of aromatic amines is 1. The van der Waals surface area contributed by atoms with Gasteiger partial charge in [0.15, 0.2) is 5.03 Å². The van der Waals surface area contributed by atoms with Crippen molar-refractivity contribution in [1.29, 1.82) is 0 Å². The lowest BCUT2D eigenvalue weighted by Crippen LogP contribution is -2.15. The molecule has 90 valence electrons. The van der Waals surface area contributed by atoms with E-state index in [0.29, 0.717) is 5.69 Å². The lowest BCUT2D eigenvalue weighted by Gasteiger charge is -2.06. The smallest absolute Gasteiger partial charge is 0.279 e. The number of aliphatic hydroxyl groups excluding tert-OH is 1. The van der Waals surface area contributed by atoms with Crippen LogP contribution in [-0.2, 0) is 16.6 Å². The molecular weight excluding hydrogens is 242 g/mol. The SMILES string of the molecule is O=S(=O)(Nc1ccccc1)c1[nH]ncc1CO. The third-order valence-electron chi connectivity index (χ3n) is 2.14. The first kappa shape index (κ1) is 11.6. The van der Waals surface area contributed by atoms with Crippen LogP contribution in [0.4, 0.5) is 5.69 Å². The summed E-state index contributed by atoms with van der Waals surface area (Å²) in [5, 5.41) is 14.8. The van der Waals surface area contributed by atoms with Crippen LogP contribution in [0.1, 0.15) is 5.56 Å². The van der Waals surface area contributed by atoms with Crippen LogP contribution >= 0.6 is 0 Å². The zero-order valence-electron chi connectivity index (χ0n) is 8.79. The first-order valence-corrected chi connectivity index (χ1v) is 6.33. The molecule has 1 aromatic carbocycles. The van der Waals surface area contributed by atoms with E-state index in [1.807, 2.05) is 0 Å². The summed E-state index contributed by atoms with van der Waals surface area (Å²) in [7, 11) is -3.74. The van der Waals surface area contributed by atoms with E-state index in [9.17, 15) is 8.42 Å². The summed E-state index contributed by atoms with van der Waals surface area (Å²) in [6, 6.07) is 8.49. The summed E-state index contributed by atoms with van der Waals surface area (Å²) < 4.78 is 26.3. The highest BCUT2D eigenvalue weighted by atomic mass is 32.2. The second kappa shape index (κ2) is 4.56. The van der Waals surface area contributed by atoms with Crippen LogP contribution in [0.5, 0.6) is 0 Å². The van der Waals surface area contributed by atoms with Gasteiger partial charge in [-0.3, -0.25) is 9.82 Å². The maximum absolute atomic E-state index is 11.9. The molecule has 0 spiro atoms. The lowest BCUT2D eigenvalue weighted by molar-refractivity contribution is 0.278. The van der Waals surface area contributed by atoms with Crippen molar-refractivity contribution < 1.29 is 13.5 Å². The second-order valence-corrected chi connectivity index (χ2v) is 4.97. The Hall–Kier alpha value is -1.86. The molecule has 0 amide bonds. The van der Waals surface area contributed by atoms with E-state index in [2.05, 4.69) is 14.9 Å². The third-order valence-corrected chi connectivity index (χ3v) is 3.54. The molecule has 0 unspecified atom stereocenters. The molecule has 7 heteroatoms. The summed E-state index contributed by atoms with van der Waals surface area (Å²) >= 11 is 0. The van der Waals surface area contributed by atoms with Crippen LogP contribution < -0.4 is 4.72 Å². The Morgan fingerprint density at radius 1 is 1.29 bits per heavy atom. The minimum atomic E-state index is -3.74. The molecule has 0 aliphatic carbocycles. The van der Waals surface area contributed by atoms with E-state index < -0.39 is 10.0 Å². The Bertz CT molecular complexity index is 592. The Kier molecular flexibility index (Phi) is 3.12. The minimum Gasteiger partial charge on any atom is -0.392 e. The van der Waals surface area contributed by atoms with Gasteiger partial charge in [0, 0.05) is 11.3 Å². The van der Waals surface area contributed by atoms with Crippen molar-refractivity contribution in [3.63, 3.8) is 0 Å². The molecule has 2 rings (SSSR count). The van der Waals surface area contributed by atoms with E-state index in [1.165, 1.54) is 6.20 Å². The number of aromatic nitrogens is 2. The van der Waals surface area contributed by atoms with Crippen LogP contribution in [0.25, 0.3) is 0 Å². The first-order chi connectivity index (χ1) is 8.13. The fourth-order valence-electron chi connectivity index (χ4n) is 1.36. The highest BCUT2D eigenvalue weighted by molar-refractivity contribution is 7.92. The standard InChI is InChI=1S/C10H11N3O3S/c14-7-8-6-11-12-10(8)17(15,16)13-9-4-2-1-3-5-9/h1-6,13-14H,7H2,(H,11,12). The summed E-state index contributed by atoms with van der Waals surface area (Å²) in [5.41, 5.74) is 0.680. The van der Waals surface area contributed by atoms with Gasteiger partial charge in [-0.1, -0.05) is 18.2 Å². The van der Waals surface area contributed by atoms with Crippen molar-refractivity contribution in [1.82, 2.24) is 10.2 Å². The molecule has 17 heavy (non-hydrogen) atoms.